The summed E-state index contributed by atoms with van der Waals surface area (Å²) in [6.45, 7) is 0. The first-order valence-corrected chi connectivity index (χ1v) is 6.25. The van der Waals surface area contributed by atoms with Crippen LogP contribution in [0.5, 0.6) is 0 Å². The first-order valence-electron chi connectivity index (χ1n) is 6.25. The van der Waals surface area contributed by atoms with Gasteiger partial charge in [-0.05, 0) is 17.7 Å². The maximum absolute atomic E-state index is 5.57. The standard InChI is InChI=1S/C15H15N3O/c1-19-15(11-12-7-3-2-4-8-12)18-14-10-6-5-9-13(14)16-17-18/h2-10,15H,11H2,1H3. The van der Waals surface area contributed by atoms with Crippen molar-refractivity contribution in [1.82, 2.24) is 15.0 Å². The van der Waals surface area contributed by atoms with Crippen molar-refractivity contribution in [2.45, 2.75) is 12.6 Å². The van der Waals surface area contributed by atoms with E-state index in [0.717, 1.165) is 17.5 Å². The number of hydrogen-bond donors (Lipinski definition) is 0. The Balaban J connectivity index is 1.94. The monoisotopic (exact) mass is 253 g/mol. The third-order valence-electron chi connectivity index (χ3n) is 3.18. The van der Waals surface area contributed by atoms with Crippen LogP contribution in [-0.4, -0.2) is 22.1 Å². The van der Waals surface area contributed by atoms with Crippen LogP contribution in [0.3, 0.4) is 0 Å². The lowest BCUT2D eigenvalue weighted by atomic mass is 10.1. The van der Waals surface area contributed by atoms with Gasteiger partial charge in [-0.25, -0.2) is 4.68 Å². The molecule has 0 aliphatic carbocycles. The van der Waals surface area contributed by atoms with Crippen molar-refractivity contribution in [2.75, 3.05) is 7.11 Å². The topological polar surface area (TPSA) is 39.9 Å². The molecular weight excluding hydrogens is 238 g/mol. The van der Waals surface area contributed by atoms with E-state index in [1.54, 1.807) is 7.11 Å². The van der Waals surface area contributed by atoms with Gasteiger partial charge in [-0.3, -0.25) is 0 Å². The van der Waals surface area contributed by atoms with Gasteiger partial charge in [0.15, 0.2) is 6.23 Å². The predicted molar refractivity (Wildman–Crippen MR) is 73.7 cm³/mol. The summed E-state index contributed by atoms with van der Waals surface area (Å²) >= 11 is 0. The summed E-state index contributed by atoms with van der Waals surface area (Å²) in [7, 11) is 1.70. The average Bonchev–Trinajstić information content (AvgIpc) is 2.90. The summed E-state index contributed by atoms with van der Waals surface area (Å²) < 4.78 is 7.40. The molecule has 0 radical (unpaired) electrons. The molecule has 0 bridgehead atoms. The van der Waals surface area contributed by atoms with E-state index in [2.05, 4.69) is 22.4 Å². The van der Waals surface area contributed by atoms with Crippen molar-refractivity contribution < 1.29 is 4.74 Å². The fourth-order valence-electron chi connectivity index (χ4n) is 2.19. The fourth-order valence-corrected chi connectivity index (χ4v) is 2.19. The van der Waals surface area contributed by atoms with Gasteiger partial charge in [0.25, 0.3) is 0 Å². The van der Waals surface area contributed by atoms with E-state index in [1.807, 2.05) is 47.1 Å². The highest BCUT2D eigenvalue weighted by Crippen LogP contribution is 2.19. The highest BCUT2D eigenvalue weighted by Gasteiger charge is 2.15. The number of para-hydroxylation sites is 1. The number of nitrogens with zero attached hydrogens (tertiary/aromatic N) is 3. The van der Waals surface area contributed by atoms with E-state index in [-0.39, 0.29) is 6.23 Å². The molecule has 3 aromatic rings. The Morgan fingerprint density at radius 3 is 2.58 bits per heavy atom. The van der Waals surface area contributed by atoms with Crippen LogP contribution in [0.2, 0.25) is 0 Å². The number of fused-ring (bicyclic) bond motifs is 1. The smallest absolute Gasteiger partial charge is 0.156 e. The van der Waals surface area contributed by atoms with E-state index < -0.39 is 0 Å². The van der Waals surface area contributed by atoms with E-state index in [1.165, 1.54) is 5.56 Å². The van der Waals surface area contributed by atoms with E-state index in [4.69, 9.17) is 4.74 Å². The Morgan fingerprint density at radius 1 is 1.05 bits per heavy atom. The van der Waals surface area contributed by atoms with E-state index in [9.17, 15) is 0 Å². The summed E-state index contributed by atoms with van der Waals surface area (Å²) in [5, 5.41) is 8.37. The van der Waals surface area contributed by atoms with Crippen LogP contribution in [-0.2, 0) is 11.2 Å². The van der Waals surface area contributed by atoms with Gasteiger partial charge in [0.1, 0.15) is 5.52 Å². The predicted octanol–water partition coefficient (Wildman–Crippen LogP) is 2.82. The molecule has 0 saturated heterocycles. The van der Waals surface area contributed by atoms with Crippen LogP contribution >= 0.6 is 0 Å². The molecule has 1 unspecified atom stereocenters. The molecule has 1 atom stereocenters. The van der Waals surface area contributed by atoms with Crippen LogP contribution in [0.15, 0.2) is 54.6 Å². The lowest BCUT2D eigenvalue weighted by Crippen LogP contribution is -2.15. The van der Waals surface area contributed by atoms with Gasteiger partial charge < -0.3 is 4.74 Å². The van der Waals surface area contributed by atoms with Gasteiger partial charge in [0.2, 0.25) is 0 Å². The zero-order valence-corrected chi connectivity index (χ0v) is 10.7. The highest BCUT2D eigenvalue weighted by molar-refractivity contribution is 5.73. The third kappa shape index (κ3) is 2.35. The van der Waals surface area contributed by atoms with Crippen molar-refractivity contribution >= 4 is 11.0 Å². The molecule has 3 rings (SSSR count). The minimum atomic E-state index is -0.144. The van der Waals surface area contributed by atoms with E-state index >= 15 is 0 Å². The number of benzene rings is 2. The molecule has 0 aliphatic heterocycles. The normalized spacial score (nSPS) is 12.7. The van der Waals surface area contributed by atoms with Crippen LogP contribution < -0.4 is 0 Å². The Morgan fingerprint density at radius 2 is 1.79 bits per heavy atom. The quantitative estimate of drug-likeness (QED) is 0.717. The summed E-state index contributed by atoms with van der Waals surface area (Å²) in [6, 6.07) is 18.1. The number of hydrogen-bond acceptors (Lipinski definition) is 3. The van der Waals surface area contributed by atoms with Gasteiger partial charge in [0, 0.05) is 13.5 Å². The molecule has 0 amide bonds. The Kier molecular flexibility index (Phi) is 3.25. The molecule has 0 saturated carbocycles. The molecule has 0 spiro atoms. The SMILES string of the molecule is COC(Cc1ccccc1)n1nnc2ccccc21. The zero-order chi connectivity index (χ0) is 13.1. The number of rotatable bonds is 4. The van der Waals surface area contributed by atoms with Crippen molar-refractivity contribution in [1.29, 1.82) is 0 Å². The van der Waals surface area contributed by atoms with Gasteiger partial charge in [0.05, 0.1) is 5.52 Å². The maximum Gasteiger partial charge on any atom is 0.156 e. The largest absolute Gasteiger partial charge is 0.359 e. The lowest BCUT2D eigenvalue weighted by Gasteiger charge is -2.16. The molecule has 4 nitrogen and oxygen atoms in total. The van der Waals surface area contributed by atoms with Crippen LogP contribution in [0.1, 0.15) is 11.8 Å². The van der Waals surface area contributed by atoms with E-state index in [0.29, 0.717) is 0 Å². The van der Waals surface area contributed by atoms with Crippen molar-refractivity contribution in [3.05, 3.63) is 60.2 Å². The highest BCUT2D eigenvalue weighted by atomic mass is 16.5. The summed E-state index contributed by atoms with van der Waals surface area (Å²) in [5.41, 5.74) is 3.09. The van der Waals surface area contributed by atoms with Gasteiger partial charge in [-0.2, -0.15) is 0 Å². The molecule has 1 aromatic heterocycles. The maximum atomic E-state index is 5.57. The molecule has 2 aromatic carbocycles. The van der Waals surface area contributed by atoms with Gasteiger partial charge in [-0.1, -0.05) is 47.7 Å². The Hall–Kier alpha value is -2.20. The molecule has 0 N–H and O–H groups in total. The van der Waals surface area contributed by atoms with Crippen molar-refractivity contribution in [3.8, 4) is 0 Å². The molecular formula is C15H15N3O. The zero-order valence-electron chi connectivity index (χ0n) is 10.7. The Bertz CT molecular complexity index is 663. The Labute approximate surface area is 111 Å². The molecule has 0 aliphatic rings. The van der Waals surface area contributed by atoms with Crippen LogP contribution in [0.4, 0.5) is 0 Å². The minimum Gasteiger partial charge on any atom is -0.359 e. The third-order valence-corrected chi connectivity index (χ3v) is 3.18. The summed E-state index contributed by atoms with van der Waals surface area (Å²) in [6.07, 6.45) is 0.625. The second-order valence-corrected chi connectivity index (χ2v) is 4.40. The first-order chi connectivity index (χ1) is 9.38. The second-order valence-electron chi connectivity index (χ2n) is 4.40. The average molecular weight is 253 g/mol. The number of aromatic nitrogens is 3. The molecule has 19 heavy (non-hydrogen) atoms. The minimum absolute atomic E-state index is 0.144. The van der Waals surface area contributed by atoms with Crippen LogP contribution in [0.25, 0.3) is 11.0 Å². The number of methoxy groups -OCH3 is 1. The second kappa shape index (κ2) is 5.20. The van der Waals surface area contributed by atoms with Crippen molar-refractivity contribution in [2.24, 2.45) is 0 Å². The fraction of sp³-hybridized carbons (Fsp3) is 0.200. The molecule has 1 heterocycles. The van der Waals surface area contributed by atoms with Gasteiger partial charge in [-0.15, -0.1) is 5.10 Å². The van der Waals surface area contributed by atoms with Crippen LogP contribution in [0, 0.1) is 0 Å². The molecule has 0 fully saturated rings. The lowest BCUT2D eigenvalue weighted by molar-refractivity contribution is 0.0365. The first kappa shape index (κ1) is 11.9. The van der Waals surface area contributed by atoms with Crippen molar-refractivity contribution in [3.63, 3.8) is 0 Å². The van der Waals surface area contributed by atoms with Gasteiger partial charge >= 0.3 is 0 Å². The summed E-state index contributed by atoms with van der Waals surface area (Å²) in [4.78, 5) is 0. The summed E-state index contributed by atoms with van der Waals surface area (Å²) in [5.74, 6) is 0. The molecule has 96 valence electrons. The molecule has 4 heteroatoms. The number of ether oxygens (including phenoxy) is 1.